The summed E-state index contributed by atoms with van der Waals surface area (Å²) in [5.74, 6) is 2.71. The second kappa shape index (κ2) is 5.72. The van der Waals surface area contributed by atoms with E-state index in [9.17, 15) is 9.59 Å². The van der Waals surface area contributed by atoms with Crippen LogP contribution in [0.15, 0.2) is 0 Å². The molecule has 0 aromatic rings. The van der Waals surface area contributed by atoms with Gasteiger partial charge in [0.2, 0.25) is 11.8 Å². The summed E-state index contributed by atoms with van der Waals surface area (Å²) in [5.41, 5.74) is 0. The van der Waals surface area contributed by atoms with Crippen molar-refractivity contribution >= 4 is 11.8 Å². The fourth-order valence-electron chi connectivity index (χ4n) is 2.06. The number of hydrogen-bond acceptors (Lipinski definition) is 2. The summed E-state index contributed by atoms with van der Waals surface area (Å²) < 4.78 is 0. The van der Waals surface area contributed by atoms with Crippen molar-refractivity contribution in [1.29, 1.82) is 0 Å². The number of nitrogens with zero attached hydrogens (tertiary/aromatic N) is 1. The highest BCUT2D eigenvalue weighted by molar-refractivity contribution is 5.90. The van der Waals surface area contributed by atoms with Gasteiger partial charge < -0.3 is 10.2 Å². The first-order valence-corrected chi connectivity index (χ1v) is 6.07. The molecule has 0 spiro atoms. The van der Waals surface area contributed by atoms with Gasteiger partial charge in [0.15, 0.2) is 0 Å². The van der Waals surface area contributed by atoms with Gasteiger partial charge in [-0.2, -0.15) is 0 Å². The van der Waals surface area contributed by atoms with Crippen molar-refractivity contribution in [1.82, 2.24) is 10.2 Å². The maximum absolute atomic E-state index is 12.2. The highest BCUT2D eigenvalue weighted by Crippen LogP contribution is 2.15. The number of carbonyl (C=O) groups excluding carboxylic acids is 2. The van der Waals surface area contributed by atoms with Crippen LogP contribution in [-0.4, -0.2) is 35.3 Å². The minimum Gasteiger partial charge on any atom is -0.344 e. The monoisotopic (exact) mass is 236 g/mol. The van der Waals surface area contributed by atoms with Crippen LogP contribution in [0.2, 0.25) is 0 Å². The van der Waals surface area contributed by atoms with Gasteiger partial charge in [-0.1, -0.05) is 26.7 Å². The Kier molecular flexibility index (Phi) is 4.56. The van der Waals surface area contributed by atoms with Gasteiger partial charge in [-0.05, 0) is 12.3 Å². The van der Waals surface area contributed by atoms with Crippen molar-refractivity contribution < 1.29 is 9.59 Å². The maximum atomic E-state index is 12.2. The topological polar surface area (TPSA) is 49.4 Å². The summed E-state index contributed by atoms with van der Waals surface area (Å²) in [4.78, 5) is 25.4. The van der Waals surface area contributed by atoms with Crippen LogP contribution in [0.3, 0.4) is 0 Å². The molecule has 4 nitrogen and oxygen atoms in total. The second-order valence-electron chi connectivity index (χ2n) is 4.67. The zero-order valence-electron chi connectivity index (χ0n) is 10.7. The largest absolute Gasteiger partial charge is 0.344 e. The summed E-state index contributed by atoms with van der Waals surface area (Å²) in [6.45, 7) is 6.26. The van der Waals surface area contributed by atoms with Crippen LogP contribution in [0, 0.1) is 18.3 Å². The predicted octanol–water partition coefficient (Wildman–Crippen LogP) is 0.771. The summed E-state index contributed by atoms with van der Waals surface area (Å²) >= 11 is 0. The lowest BCUT2D eigenvalue weighted by molar-refractivity contribution is -0.135. The fourth-order valence-corrected chi connectivity index (χ4v) is 2.06. The fraction of sp³-hybridized carbons (Fsp3) is 0.692. The molecule has 94 valence electrons. The highest BCUT2D eigenvalue weighted by atomic mass is 16.2. The van der Waals surface area contributed by atoms with Gasteiger partial charge in [0.05, 0.1) is 6.04 Å². The molecule has 1 aliphatic heterocycles. The van der Waals surface area contributed by atoms with E-state index in [1.807, 2.05) is 20.8 Å². The first kappa shape index (κ1) is 13.6. The number of carbonyl (C=O) groups is 2. The van der Waals surface area contributed by atoms with E-state index < -0.39 is 6.04 Å². The van der Waals surface area contributed by atoms with Gasteiger partial charge >= 0.3 is 0 Å². The summed E-state index contributed by atoms with van der Waals surface area (Å²) in [7, 11) is 0. The lowest BCUT2D eigenvalue weighted by Gasteiger charge is -2.31. The number of amides is 2. The van der Waals surface area contributed by atoms with E-state index in [1.165, 1.54) is 0 Å². The molecular formula is C13H20N2O2. The van der Waals surface area contributed by atoms with Crippen LogP contribution in [0.5, 0.6) is 0 Å². The first-order valence-electron chi connectivity index (χ1n) is 6.07. The average molecular weight is 236 g/mol. The zero-order chi connectivity index (χ0) is 13.0. The first-order chi connectivity index (χ1) is 8.01. The van der Waals surface area contributed by atoms with Crippen molar-refractivity contribution in [3.05, 3.63) is 0 Å². The molecule has 0 aliphatic carbocycles. The van der Waals surface area contributed by atoms with E-state index in [4.69, 9.17) is 6.42 Å². The molecule has 4 heteroatoms. The molecule has 0 saturated carbocycles. The Morgan fingerprint density at radius 2 is 2.18 bits per heavy atom. The average Bonchev–Trinajstić information content (AvgIpc) is 2.42. The molecule has 1 aliphatic rings. The quantitative estimate of drug-likeness (QED) is 0.736. The Bertz CT molecular complexity index is 344. The van der Waals surface area contributed by atoms with E-state index in [0.29, 0.717) is 19.4 Å². The Morgan fingerprint density at radius 3 is 2.65 bits per heavy atom. The predicted molar refractivity (Wildman–Crippen MR) is 66.0 cm³/mol. The van der Waals surface area contributed by atoms with Gasteiger partial charge in [-0.25, -0.2) is 0 Å². The Labute approximate surface area is 103 Å². The van der Waals surface area contributed by atoms with Crippen molar-refractivity contribution in [2.45, 2.75) is 45.7 Å². The molecule has 2 amide bonds. The third-order valence-electron chi connectivity index (χ3n) is 3.04. The molecule has 2 unspecified atom stereocenters. The molecule has 17 heavy (non-hydrogen) atoms. The third-order valence-corrected chi connectivity index (χ3v) is 3.04. The number of terminal acetylenes is 1. The van der Waals surface area contributed by atoms with Crippen molar-refractivity contribution in [3.63, 3.8) is 0 Å². The van der Waals surface area contributed by atoms with Gasteiger partial charge in [-0.3, -0.25) is 9.59 Å². The van der Waals surface area contributed by atoms with E-state index in [2.05, 4.69) is 11.2 Å². The van der Waals surface area contributed by atoms with Crippen molar-refractivity contribution in [2.75, 3.05) is 6.54 Å². The maximum Gasteiger partial charge on any atom is 0.246 e. The van der Waals surface area contributed by atoms with Crippen LogP contribution in [0.4, 0.5) is 0 Å². The lowest BCUT2D eigenvalue weighted by atomic mass is 10.0. The molecule has 1 N–H and O–H groups in total. The number of nitrogens with one attached hydrogen (secondary N) is 1. The minimum atomic E-state index is -0.431. The van der Waals surface area contributed by atoms with Crippen LogP contribution in [-0.2, 0) is 9.59 Å². The SMILES string of the molecule is C#CC(C(C)C)N1CCC(=O)NC(CC)C1=O. The van der Waals surface area contributed by atoms with Gasteiger partial charge in [-0.15, -0.1) is 6.42 Å². The summed E-state index contributed by atoms with van der Waals surface area (Å²) in [5, 5.41) is 2.73. The molecular weight excluding hydrogens is 216 g/mol. The minimum absolute atomic E-state index is 0.0602. The van der Waals surface area contributed by atoms with Crippen molar-refractivity contribution in [3.8, 4) is 12.3 Å². The number of rotatable bonds is 3. The van der Waals surface area contributed by atoms with E-state index in [-0.39, 0.29) is 23.8 Å². The van der Waals surface area contributed by atoms with Gasteiger partial charge in [0.1, 0.15) is 6.04 Å². The number of hydrogen-bond donors (Lipinski definition) is 1. The van der Waals surface area contributed by atoms with Crippen molar-refractivity contribution in [2.24, 2.45) is 5.92 Å². The second-order valence-corrected chi connectivity index (χ2v) is 4.67. The lowest BCUT2D eigenvalue weighted by Crippen LogP contribution is -2.49. The van der Waals surface area contributed by atoms with Crippen LogP contribution in [0.25, 0.3) is 0 Å². The molecule has 0 radical (unpaired) electrons. The molecule has 1 saturated heterocycles. The molecule has 1 heterocycles. The Morgan fingerprint density at radius 1 is 1.53 bits per heavy atom. The van der Waals surface area contributed by atoms with E-state index in [1.54, 1.807) is 4.90 Å². The summed E-state index contributed by atoms with van der Waals surface area (Å²) in [6, 6.07) is -0.663. The Hall–Kier alpha value is -1.50. The molecule has 1 fully saturated rings. The third kappa shape index (κ3) is 3.00. The van der Waals surface area contributed by atoms with E-state index in [0.717, 1.165) is 0 Å². The van der Waals surface area contributed by atoms with Gasteiger partial charge in [0.25, 0.3) is 0 Å². The van der Waals surface area contributed by atoms with Crippen LogP contribution < -0.4 is 5.32 Å². The van der Waals surface area contributed by atoms with Crippen LogP contribution >= 0.6 is 0 Å². The standard InChI is InChI=1S/C13H20N2O2/c1-5-10-13(17)15(8-7-12(16)14-10)11(6-2)9(3)4/h2,9-11H,5,7-8H2,1,3-4H3,(H,14,16). The molecule has 0 bridgehead atoms. The normalized spacial score (nSPS) is 23.0. The van der Waals surface area contributed by atoms with Gasteiger partial charge in [0, 0.05) is 13.0 Å². The molecule has 0 aromatic heterocycles. The Balaban J connectivity index is 2.94. The summed E-state index contributed by atoms with van der Waals surface area (Å²) in [6.07, 6.45) is 6.41. The smallest absolute Gasteiger partial charge is 0.246 e. The van der Waals surface area contributed by atoms with E-state index >= 15 is 0 Å². The molecule has 2 atom stereocenters. The molecule has 0 aromatic carbocycles. The molecule has 1 rings (SSSR count). The highest BCUT2D eigenvalue weighted by Gasteiger charge is 2.33. The van der Waals surface area contributed by atoms with Crippen LogP contribution in [0.1, 0.15) is 33.6 Å². The zero-order valence-corrected chi connectivity index (χ0v) is 10.7.